The largest absolute Gasteiger partial charge is 0.461 e. The van der Waals surface area contributed by atoms with Gasteiger partial charge in [0.15, 0.2) is 12.0 Å². The fourth-order valence-electron chi connectivity index (χ4n) is 2.12. The highest BCUT2D eigenvalue weighted by Gasteiger charge is 2.41. The Labute approximate surface area is 132 Å². The van der Waals surface area contributed by atoms with Crippen molar-refractivity contribution >= 4 is 29.4 Å². The Bertz CT molecular complexity index is 692. The van der Waals surface area contributed by atoms with Crippen molar-refractivity contribution in [2.45, 2.75) is 13.8 Å². The number of halogens is 1. The maximum Gasteiger partial charge on any atom is 0.362 e. The van der Waals surface area contributed by atoms with E-state index in [1.807, 2.05) is 13.0 Å². The topological polar surface area (TPSA) is 88.5 Å². The van der Waals surface area contributed by atoms with E-state index in [2.05, 4.69) is 20.5 Å². The van der Waals surface area contributed by atoms with Crippen LogP contribution in [0.2, 0.25) is 0 Å². The number of hydrogen-bond acceptors (Lipinski definition) is 7. The normalized spacial score (nSPS) is 17.6. The van der Waals surface area contributed by atoms with Crippen LogP contribution in [0, 0.1) is 6.92 Å². The number of ether oxygens (including phenoxy) is 1. The van der Waals surface area contributed by atoms with Crippen molar-refractivity contribution in [3.8, 4) is 0 Å². The van der Waals surface area contributed by atoms with Crippen LogP contribution < -0.4 is 10.2 Å². The molecular formula is C13H15ClN6O2+. The van der Waals surface area contributed by atoms with Gasteiger partial charge in [-0.05, 0) is 18.7 Å². The molecule has 1 aromatic rings. The van der Waals surface area contributed by atoms with E-state index in [0.717, 1.165) is 5.69 Å². The van der Waals surface area contributed by atoms with E-state index >= 15 is 0 Å². The number of hydrogen-bond donors (Lipinski definition) is 2. The average Bonchev–Trinajstić information content (AvgIpc) is 3.05. The molecule has 22 heavy (non-hydrogen) atoms. The van der Waals surface area contributed by atoms with Crippen LogP contribution in [0.1, 0.15) is 12.6 Å². The van der Waals surface area contributed by atoms with Gasteiger partial charge < -0.3 is 4.74 Å². The molecule has 2 N–H and O–H groups in total. The minimum atomic E-state index is -0.458. The molecule has 2 aliphatic heterocycles. The number of rotatable bonds is 4. The zero-order valence-corrected chi connectivity index (χ0v) is 12.9. The molecule has 8 nitrogen and oxygen atoms in total. The molecule has 3 heterocycles. The van der Waals surface area contributed by atoms with E-state index in [1.54, 1.807) is 24.2 Å². The van der Waals surface area contributed by atoms with Gasteiger partial charge in [-0.2, -0.15) is 10.1 Å². The molecule has 0 atom stereocenters. The van der Waals surface area contributed by atoms with Crippen LogP contribution in [0.3, 0.4) is 0 Å². The van der Waals surface area contributed by atoms with Crippen LogP contribution in [0.25, 0.3) is 0 Å². The molecule has 0 aliphatic carbocycles. The van der Waals surface area contributed by atoms with Gasteiger partial charge >= 0.3 is 5.97 Å². The summed E-state index contributed by atoms with van der Waals surface area (Å²) < 4.78 is 6.43. The second-order valence-corrected chi connectivity index (χ2v) is 5.20. The lowest BCUT2D eigenvalue weighted by molar-refractivity contribution is -0.138. The summed E-state index contributed by atoms with van der Waals surface area (Å²) in [4.78, 5) is 17.8. The molecule has 1 radical (unpaired) electrons. The van der Waals surface area contributed by atoms with Crippen LogP contribution in [0.15, 0.2) is 35.0 Å². The predicted octanol–water partition coefficient (Wildman–Crippen LogP) is 1.36. The standard InChI is InChI=1S/C13H15ClN6O2/c1-3-22-13(21)9-5-20-11(15-9)6-19(14)7-12(20)16-10-4-8(2)17-18-10/h4-5,7H,3,6H2,1-2H3,(H2,16,17,18)/q+1. The quantitative estimate of drug-likeness (QED) is 0.496. The Balaban J connectivity index is 1.84. The van der Waals surface area contributed by atoms with Gasteiger partial charge in [0.25, 0.3) is 11.7 Å². The highest BCUT2D eigenvalue weighted by molar-refractivity contribution is 6.16. The van der Waals surface area contributed by atoms with Gasteiger partial charge in [-0.25, -0.2) is 4.79 Å². The lowest BCUT2D eigenvalue weighted by Gasteiger charge is -2.18. The molecule has 0 saturated carbocycles. The molecular weight excluding hydrogens is 308 g/mol. The Kier molecular flexibility index (Phi) is 3.86. The fraction of sp³-hybridized carbons (Fsp3) is 0.308. The Morgan fingerprint density at radius 2 is 2.45 bits per heavy atom. The molecule has 1 aromatic heterocycles. The van der Waals surface area contributed by atoms with Crippen molar-refractivity contribution < 1.29 is 9.53 Å². The Hall–Kier alpha value is -2.32. The lowest BCUT2D eigenvalue weighted by Crippen LogP contribution is -2.42. The summed E-state index contributed by atoms with van der Waals surface area (Å²) in [7, 11) is 0. The highest BCUT2D eigenvalue weighted by atomic mass is 35.5. The third-order valence-corrected chi connectivity index (χ3v) is 3.26. The summed E-state index contributed by atoms with van der Waals surface area (Å²) >= 11 is 6.08. The van der Waals surface area contributed by atoms with Crippen molar-refractivity contribution in [2.24, 2.45) is 4.99 Å². The number of anilines is 1. The number of H-pyrrole nitrogens is 1. The smallest absolute Gasteiger partial charge is 0.362 e. The first kappa shape index (κ1) is 14.6. The first-order valence-electron chi connectivity index (χ1n) is 6.76. The van der Waals surface area contributed by atoms with E-state index in [4.69, 9.17) is 16.5 Å². The van der Waals surface area contributed by atoms with Crippen LogP contribution in [-0.4, -0.2) is 39.6 Å². The van der Waals surface area contributed by atoms with Crippen LogP contribution in [-0.2, 0) is 9.53 Å². The molecule has 0 fully saturated rings. The second-order valence-electron chi connectivity index (χ2n) is 4.77. The number of esters is 1. The zero-order valence-electron chi connectivity index (χ0n) is 12.1. The van der Waals surface area contributed by atoms with Crippen LogP contribution >= 0.6 is 11.8 Å². The highest BCUT2D eigenvalue weighted by Crippen LogP contribution is 2.23. The number of fused-ring (bicyclic) bond motifs is 1. The van der Waals surface area contributed by atoms with Gasteiger partial charge in [-0.1, -0.05) is 0 Å². The zero-order chi connectivity index (χ0) is 15.7. The molecule has 9 heteroatoms. The molecule has 0 unspecified atom stereocenters. The first-order chi connectivity index (χ1) is 10.6. The van der Waals surface area contributed by atoms with Gasteiger partial charge in [0, 0.05) is 23.5 Å². The number of carbonyl (C=O) groups is 1. The third-order valence-electron chi connectivity index (χ3n) is 3.04. The monoisotopic (exact) mass is 322 g/mol. The van der Waals surface area contributed by atoms with E-state index in [-0.39, 0.29) is 5.70 Å². The maximum atomic E-state index is 11.8. The number of amidine groups is 1. The molecule has 0 spiro atoms. The fourth-order valence-corrected chi connectivity index (χ4v) is 2.32. The maximum absolute atomic E-state index is 11.8. The van der Waals surface area contributed by atoms with Crippen molar-refractivity contribution in [1.29, 1.82) is 0 Å². The van der Waals surface area contributed by atoms with Crippen LogP contribution in [0.4, 0.5) is 5.82 Å². The van der Waals surface area contributed by atoms with E-state index < -0.39 is 5.97 Å². The Morgan fingerprint density at radius 3 is 3.14 bits per heavy atom. The van der Waals surface area contributed by atoms with Crippen LogP contribution in [0.5, 0.6) is 0 Å². The van der Waals surface area contributed by atoms with E-state index in [9.17, 15) is 4.79 Å². The molecule has 0 aromatic carbocycles. The van der Waals surface area contributed by atoms with Gasteiger partial charge in [-0.3, -0.25) is 14.8 Å². The summed E-state index contributed by atoms with van der Waals surface area (Å²) in [6.07, 6.45) is 3.32. The average molecular weight is 323 g/mol. The number of nitrogens with one attached hydrogen (secondary N) is 2. The van der Waals surface area contributed by atoms with Crippen molar-refractivity contribution in [3.05, 3.63) is 35.7 Å². The van der Waals surface area contributed by atoms with Gasteiger partial charge in [0.1, 0.15) is 12.7 Å². The lowest BCUT2D eigenvalue weighted by atomic mass is 10.4. The van der Waals surface area contributed by atoms with Gasteiger partial charge in [0.05, 0.1) is 6.61 Å². The minimum Gasteiger partial charge on any atom is -0.461 e. The molecule has 3 rings (SSSR count). The summed E-state index contributed by atoms with van der Waals surface area (Å²) in [5, 5.41) is 10.1. The number of aliphatic imine (C=N–C) groups is 1. The first-order valence-corrected chi connectivity index (χ1v) is 7.09. The summed E-state index contributed by atoms with van der Waals surface area (Å²) in [6.45, 7) is 4.34. The number of aryl methyl sites for hydroxylation is 1. The van der Waals surface area contributed by atoms with Crippen molar-refractivity contribution in [2.75, 3.05) is 18.5 Å². The minimum absolute atomic E-state index is 0.245. The molecule has 0 amide bonds. The summed E-state index contributed by atoms with van der Waals surface area (Å²) in [5.41, 5.74) is 1.18. The van der Waals surface area contributed by atoms with Gasteiger partial charge in [-0.15, -0.1) is 0 Å². The number of aromatic nitrogens is 2. The molecule has 115 valence electrons. The van der Waals surface area contributed by atoms with Crippen molar-refractivity contribution in [3.63, 3.8) is 0 Å². The molecule has 2 aliphatic rings. The summed E-state index contributed by atoms with van der Waals surface area (Å²) in [5.74, 6) is 1.47. The SMILES string of the molecule is CCOC(=O)C1=C[N+]2C(Nc3cc(C)[nH]n3)=CN(Cl)CC2=N1. The van der Waals surface area contributed by atoms with E-state index in [0.29, 0.717) is 30.6 Å². The number of nitrogens with zero attached hydrogens (tertiary/aromatic N) is 4. The van der Waals surface area contributed by atoms with E-state index in [1.165, 1.54) is 4.42 Å². The summed E-state index contributed by atoms with van der Waals surface area (Å²) in [6, 6.07) is 1.86. The number of carbonyl (C=O) groups excluding carboxylic acids is 1. The Morgan fingerprint density at radius 1 is 1.64 bits per heavy atom. The third kappa shape index (κ3) is 2.83. The molecule has 0 saturated heterocycles. The second kappa shape index (κ2) is 5.82. The predicted molar refractivity (Wildman–Crippen MR) is 81.9 cm³/mol. The van der Waals surface area contributed by atoms with Crippen molar-refractivity contribution in [1.82, 2.24) is 19.5 Å². The molecule has 0 bridgehead atoms. The number of aromatic amines is 1. The van der Waals surface area contributed by atoms with Gasteiger partial charge in [0.2, 0.25) is 5.70 Å².